The van der Waals surface area contributed by atoms with Crippen molar-refractivity contribution < 1.29 is 9.90 Å². The van der Waals surface area contributed by atoms with Crippen molar-refractivity contribution in [1.82, 2.24) is 4.98 Å². The Labute approximate surface area is 117 Å². The lowest BCUT2D eigenvalue weighted by molar-refractivity contribution is 0.0691. The molecule has 1 N–H and O–H groups in total. The van der Waals surface area contributed by atoms with Crippen molar-refractivity contribution in [3.05, 3.63) is 36.0 Å². The van der Waals surface area contributed by atoms with E-state index in [1.807, 2.05) is 43.1 Å². The minimum atomic E-state index is -1.06. The number of rotatable bonds is 4. The highest BCUT2D eigenvalue weighted by molar-refractivity contribution is 5.97. The second-order valence-corrected chi connectivity index (χ2v) is 4.77. The van der Waals surface area contributed by atoms with Crippen LogP contribution in [-0.2, 0) is 0 Å². The fourth-order valence-electron chi connectivity index (χ4n) is 2.12. The Kier molecular flexibility index (Phi) is 3.85. The Balaban J connectivity index is 2.55. The first kappa shape index (κ1) is 13.8. The van der Waals surface area contributed by atoms with Gasteiger partial charge in [0.25, 0.3) is 0 Å². The zero-order valence-electron chi connectivity index (χ0n) is 11.4. The molecule has 0 aliphatic heterocycles. The molecule has 1 heterocycles. The molecule has 0 bridgehead atoms. The van der Waals surface area contributed by atoms with Crippen LogP contribution >= 0.6 is 0 Å². The standard InChI is InChI=1S/C15H15N3O2/c1-10(8-16)9-18(2)14-12-6-4-3-5-11(12)7-13(17-14)15(19)20/h3-7,10H,9H2,1-2H3,(H,19,20). The number of carboxylic acid groups (broad SMARTS) is 1. The van der Waals surface area contributed by atoms with Crippen LogP contribution in [0.3, 0.4) is 0 Å². The highest BCUT2D eigenvalue weighted by Gasteiger charge is 2.15. The maximum atomic E-state index is 11.2. The van der Waals surface area contributed by atoms with E-state index in [1.54, 1.807) is 6.07 Å². The van der Waals surface area contributed by atoms with Crippen LogP contribution < -0.4 is 4.90 Å². The zero-order valence-corrected chi connectivity index (χ0v) is 11.4. The largest absolute Gasteiger partial charge is 0.477 e. The van der Waals surface area contributed by atoms with Gasteiger partial charge in [-0.1, -0.05) is 24.3 Å². The Hall–Kier alpha value is -2.61. The number of pyridine rings is 1. The van der Waals surface area contributed by atoms with E-state index in [2.05, 4.69) is 11.1 Å². The molecule has 5 heteroatoms. The van der Waals surface area contributed by atoms with Crippen LogP contribution in [0.1, 0.15) is 17.4 Å². The van der Waals surface area contributed by atoms with E-state index < -0.39 is 5.97 Å². The van der Waals surface area contributed by atoms with Gasteiger partial charge in [-0.2, -0.15) is 5.26 Å². The maximum Gasteiger partial charge on any atom is 0.354 e. The number of hydrogen-bond donors (Lipinski definition) is 1. The van der Waals surface area contributed by atoms with Crippen LogP contribution in [0.15, 0.2) is 30.3 Å². The average molecular weight is 269 g/mol. The van der Waals surface area contributed by atoms with Gasteiger partial charge in [-0.05, 0) is 18.4 Å². The lowest BCUT2D eigenvalue weighted by Gasteiger charge is -2.21. The van der Waals surface area contributed by atoms with E-state index in [-0.39, 0.29) is 11.6 Å². The number of nitrogens with zero attached hydrogens (tertiary/aromatic N) is 3. The van der Waals surface area contributed by atoms with Crippen molar-refractivity contribution in [2.45, 2.75) is 6.92 Å². The lowest BCUT2D eigenvalue weighted by Crippen LogP contribution is -2.25. The number of fused-ring (bicyclic) bond motifs is 1. The van der Waals surface area contributed by atoms with Crippen LogP contribution in [0, 0.1) is 17.2 Å². The number of nitriles is 1. The highest BCUT2D eigenvalue weighted by Crippen LogP contribution is 2.25. The summed E-state index contributed by atoms with van der Waals surface area (Å²) in [7, 11) is 1.81. The molecule has 0 saturated heterocycles. The molecule has 1 unspecified atom stereocenters. The number of hydrogen-bond acceptors (Lipinski definition) is 4. The summed E-state index contributed by atoms with van der Waals surface area (Å²) in [6.45, 7) is 2.32. The van der Waals surface area contributed by atoms with Crippen molar-refractivity contribution in [2.24, 2.45) is 5.92 Å². The summed E-state index contributed by atoms with van der Waals surface area (Å²) >= 11 is 0. The molecule has 5 nitrogen and oxygen atoms in total. The van der Waals surface area contributed by atoms with Gasteiger partial charge in [-0.3, -0.25) is 0 Å². The van der Waals surface area contributed by atoms with Crippen molar-refractivity contribution >= 4 is 22.6 Å². The van der Waals surface area contributed by atoms with Crippen LogP contribution in [0.4, 0.5) is 5.82 Å². The minimum absolute atomic E-state index is 0.00941. The molecule has 0 amide bonds. The molecule has 1 aromatic heterocycles. The zero-order chi connectivity index (χ0) is 14.7. The summed E-state index contributed by atoms with van der Waals surface area (Å²) in [5, 5.41) is 19.7. The quantitative estimate of drug-likeness (QED) is 0.922. The molecular formula is C15H15N3O2. The number of carbonyl (C=O) groups is 1. The predicted molar refractivity (Wildman–Crippen MR) is 76.7 cm³/mol. The third kappa shape index (κ3) is 2.69. The van der Waals surface area contributed by atoms with E-state index in [0.29, 0.717) is 12.4 Å². The van der Waals surface area contributed by atoms with Crippen LogP contribution in [0.2, 0.25) is 0 Å². The monoisotopic (exact) mass is 269 g/mol. The minimum Gasteiger partial charge on any atom is -0.477 e. The maximum absolute atomic E-state index is 11.2. The summed E-state index contributed by atoms with van der Waals surface area (Å²) in [6.07, 6.45) is 0. The average Bonchev–Trinajstić information content (AvgIpc) is 2.45. The van der Waals surface area contributed by atoms with Gasteiger partial charge in [0.15, 0.2) is 5.69 Å². The Morgan fingerprint density at radius 2 is 2.20 bits per heavy atom. The second kappa shape index (κ2) is 5.57. The molecule has 0 fully saturated rings. The van der Waals surface area contributed by atoms with E-state index >= 15 is 0 Å². The predicted octanol–water partition coefficient (Wildman–Crippen LogP) is 2.53. The third-order valence-corrected chi connectivity index (χ3v) is 3.07. The van der Waals surface area contributed by atoms with Gasteiger partial charge in [0, 0.05) is 19.0 Å². The van der Waals surface area contributed by atoms with Gasteiger partial charge in [0.1, 0.15) is 5.82 Å². The fourth-order valence-corrected chi connectivity index (χ4v) is 2.12. The van der Waals surface area contributed by atoms with Gasteiger partial charge in [0.2, 0.25) is 0 Å². The Morgan fingerprint density at radius 1 is 1.50 bits per heavy atom. The second-order valence-electron chi connectivity index (χ2n) is 4.77. The number of aromatic carboxylic acids is 1. The summed E-state index contributed by atoms with van der Waals surface area (Å²) in [4.78, 5) is 17.2. The first-order valence-corrected chi connectivity index (χ1v) is 6.26. The van der Waals surface area contributed by atoms with Crippen LogP contribution in [0.25, 0.3) is 10.8 Å². The lowest BCUT2D eigenvalue weighted by atomic mass is 10.1. The molecule has 0 radical (unpaired) electrons. The smallest absolute Gasteiger partial charge is 0.354 e. The van der Waals surface area contributed by atoms with E-state index in [9.17, 15) is 4.79 Å². The summed E-state index contributed by atoms with van der Waals surface area (Å²) < 4.78 is 0. The first-order chi connectivity index (χ1) is 9.52. The SMILES string of the molecule is CC(C#N)CN(C)c1nc(C(=O)O)cc2ccccc12. The number of carboxylic acids is 1. The summed E-state index contributed by atoms with van der Waals surface area (Å²) in [5.41, 5.74) is 0.00941. The fraction of sp³-hybridized carbons (Fsp3) is 0.267. The van der Waals surface area contributed by atoms with Crippen LogP contribution in [-0.4, -0.2) is 29.7 Å². The molecule has 20 heavy (non-hydrogen) atoms. The van der Waals surface area contributed by atoms with Crippen molar-refractivity contribution in [1.29, 1.82) is 5.26 Å². The highest BCUT2D eigenvalue weighted by atomic mass is 16.4. The van der Waals surface area contributed by atoms with E-state index in [4.69, 9.17) is 10.4 Å². The van der Waals surface area contributed by atoms with Crippen molar-refractivity contribution in [2.75, 3.05) is 18.5 Å². The number of anilines is 1. The molecule has 2 rings (SSSR count). The van der Waals surface area contributed by atoms with Gasteiger partial charge < -0.3 is 10.0 Å². The molecule has 0 aliphatic carbocycles. The first-order valence-electron chi connectivity index (χ1n) is 6.26. The number of benzene rings is 1. The molecule has 102 valence electrons. The molecule has 0 aliphatic rings. The van der Waals surface area contributed by atoms with Crippen LogP contribution in [0.5, 0.6) is 0 Å². The van der Waals surface area contributed by atoms with Gasteiger partial charge in [-0.15, -0.1) is 0 Å². The topological polar surface area (TPSA) is 77.2 Å². The van der Waals surface area contributed by atoms with Gasteiger partial charge in [0.05, 0.1) is 12.0 Å². The molecular weight excluding hydrogens is 254 g/mol. The Bertz CT molecular complexity index is 691. The van der Waals surface area contributed by atoms with E-state index in [1.165, 1.54) is 0 Å². The van der Waals surface area contributed by atoms with Gasteiger partial charge >= 0.3 is 5.97 Å². The summed E-state index contributed by atoms with van der Waals surface area (Å²) in [6, 6.07) is 11.2. The molecule has 2 aromatic rings. The number of aromatic nitrogens is 1. The molecule has 1 aromatic carbocycles. The normalized spacial score (nSPS) is 11.8. The molecule has 1 atom stereocenters. The third-order valence-electron chi connectivity index (χ3n) is 3.07. The summed E-state index contributed by atoms with van der Waals surface area (Å²) in [5.74, 6) is -0.629. The Morgan fingerprint density at radius 3 is 2.85 bits per heavy atom. The molecule has 0 saturated carbocycles. The van der Waals surface area contributed by atoms with Gasteiger partial charge in [-0.25, -0.2) is 9.78 Å². The van der Waals surface area contributed by atoms with E-state index in [0.717, 1.165) is 10.8 Å². The van der Waals surface area contributed by atoms with Crippen molar-refractivity contribution in [3.8, 4) is 6.07 Å². The molecule has 0 spiro atoms. The van der Waals surface area contributed by atoms with Crippen molar-refractivity contribution in [3.63, 3.8) is 0 Å².